The van der Waals surface area contributed by atoms with Crippen molar-refractivity contribution in [3.63, 3.8) is 0 Å². The van der Waals surface area contributed by atoms with Crippen molar-refractivity contribution in [3.8, 4) is 0 Å². The van der Waals surface area contributed by atoms with E-state index in [4.69, 9.17) is 5.73 Å². The first kappa shape index (κ1) is 13.2. The number of hydrogen-bond donors (Lipinski definition) is 2. The minimum Gasteiger partial charge on any atom is -0.356 e. The Balaban J connectivity index is 2.10. The summed E-state index contributed by atoms with van der Waals surface area (Å²) in [6, 6.07) is 0. The highest BCUT2D eigenvalue weighted by atomic mass is 16.1. The number of amides is 1. The van der Waals surface area contributed by atoms with Gasteiger partial charge < -0.3 is 11.1 Å². The molecule has 0 radical (unpaired) electrons. The highest BCUT2D eigenvalue weighted by molar-refractivity contribution is 5.76. The second kappa shape index (κ2) is 7.44. The minimum atomic E-state index is 0.134. The second-order valence-electron chi connectivity index (χ2n) is 4.75. The lowest BCUT2D eigenvalue weighted by Crippen LogP contribution is -2.28. The Kier molecular flexibility index (Phi) is 6.16. The van der Waals surface area contributed by atoms with Gasteiger partial charge in [-0.3, -0.25) is 4.79 Å². The number of rotatable bonds is 6. The van der Waals surface area contributed by atoms with Crippen molar-refractivity contribution < 1.29 is 4.79 Å². The topological polar surface area (TPSA) is 55.1 Å². The van der Waals surface area contributed by atoms with Crippen LogP contribution in [0.4, 0.5) is 0 Å². The van der Waals surface area contributed by atoms with Gasteiger partial charge in [-0.1, -0.05) is 18.6 Å². The molecule has 1 atom stereocenters. The highest BCUT2D eigenvalue weighted by Gasteiger charge is 2.07. The van der Waals surface area contributed by atoms with Crippen molar-refractivity contribution in [3.05, 3.63) is 11.6 Å². The molecule has 92 valence electrons. The molecule has 0 heterocycles. The third kappa shape index (κ3) is 5.31. The third-order valence-electron chi connectivity index (χ3n) is 3.09. The summed E-state index contributed by atoms with van der Waals surface area (Å²) in [7, 11) is 0. The van der Waals surface area contributed by atoms with Crippen LogP contribution < -0.4 is 11.1 Å². The molecule has 16 heavy (non-hydrogen) atoms. The van der Waals surface area contributed by atoms with E-state index in [1.807, 2.05) is 6.92 Å². The maximum Gasteiger partial charge on any atom is 0.220 e. The first-order valence-corrected chi connectivity index (χ1v) is 6.37. The van der Waals surface area contributed by atoms with Crippen LogP contribution in [0, 0.1) is 5.92 Å². The van der Waals surface area contributed by atoms with Crippen molar-refractivity contribution in [2.45, 2.75) is 45.4 Å². The molecule has 3 N–H and O–H groups in total. The monoisotopic (exact) mass is 224 g/mol. The van der Waals surface area contributed by atoms with Gasteiger partial charge in [0.2, 0.25) is 5.91 Å². The summed E-state index contributed by atoms with van der Waals surface area (Å²) < 4.78 is 0. The van der Waals surface area contributed by atoms with Crippen LogP contribution in [0.25, 0.3) is 0 Å². The van der Waals surface area contributed by atoms with Gasteiger partial charge in [-0.15, -0.1) is 0 Å². The van der Waals surface area contributed by atoms with Crippen LogP contribution in [0.1, 0.15) is 45.4 Å². The lowest BCUT2D eigenvalue weighted by atomic mass is 9.97. The van der Waals surface area contributed by atoms with E-state index in [1.165, 1.54) is 31.3 Å². The summed E-state index contributed by atoms with van der Waals surface area (Å²) in [4.78, 5) is 11.5. The van der Waals surface area contributed by atoms with Crippen molar-refractivity contribution in [1.29, 1.82) is 0 Å². The molecule has 3 nitrogen and oxygen atoms in total. The molecule has 1 amide bonds. The molecule has 1 rings (SSSR count). The SMILES string of the molecule is CC(CN)CC(=O)NCCC1=CCCCC1. The zero-order chi connectivity index (χ0) is 11.8. The quantitative estimate of drug-likeness (QED) is 0.678. The van der Waals surface area contributed by atoms with Gasteiger partial charge in [-0.25, -0.2) is 0 Å². The Morgan fingerprint density at radius 1 is 1.56 bits per heavy atom. The molecule has 0 saturated heterocycles. The average Bonchev–Trinajstić information content (AvgIpc) is 2.30. The zero-order valence-corrected chi connectivity index (χ0v) is 10.3. The number of nitrogens with two attached hydrogens (primary N) is 1. The van der Waals surface area contributed by atoms with Crippen LogP contribution in [0.3, 0.4) is 0 Å². The number of allylic oxidation sites excluding steroid dienone is 1. The van der Waals surface area contributed by atoms with E-state index in [9.17, 15) is 4.79 Å². The van der Waals surface area contributed by atoms with Gasteiger partial charge in [-0.2, -0.15) is 0 Å². The van der Waals surface area contributed by atoms with Gasteiger partial charge in [0.25, 0.3) is 0 Å². The van der Waals surface area contributed by atoms with Crippen LogP contribution in [0.2, 0.25) is 0 Å². The summed E-state index contributed by atoms with van der Waals surface area (Å²) in [6.07, 6.45) is 8.97. The van der Waals surface area contributed by atoms with E-state index in [2.05, 4.69) is 11.4 Å². The molecule has 0 spiro atoms. The second-order valence-corrected chi connectivity index (χ2v) is 4.75. The van der Waals surface area contributed by atoms with Gasteiger partial charge in [0.05, 0.1) is 0 Å². The molecule has 0 aromatic rings. The smallest absolute Gasteiger partial charge is 0.220 e. The van der Waals surface area contributed by atoms with Gasteiger partial charge in [-0.05, 0) is 44.6 Å². The van der Waals surface area contributed by atoms with Gasteiger partial charge in [0, 0.05) is 13.0 Å². The van der Waals surface area contributed by atoms with E-state index in [0.717, 1.165) is 13.0 Å². The Morgan fingerprint density at radius 3 is 3.00 bits per heavy atom. The molecule has 0 bridgehead atoms. The summed E-state index contributed by atoms with van der Waals surface area (Å²) in [5.74, 6) is 0.420. The molecule has 3 heteroatoms. The van der Waals surface area contributed by atoms with Crippen LogP contribution in [0.15, 0.2) is 11.6 Å². The molecule has 0 aromatic carbocycles. The fraction of sp³-hybridized carbons (Fsp3) is 0.769. The Bertz CT molecular complexity index is 248. The summed E-state index contributed by atoms with van der Waals surface area (Å²) in [5, 5.41) is 2.96. The molecule has 1 unspecified atom stereocenters. The standard InChI is InChI=1S/C13H24N2O/c1-11(10-14)9-13(16)15-8-7-12-5-3-2-4-6-12/h5,11H,2-4,6-10,14H2,1H3,(H,15,16). The zero-order valence-electron chi connectivity index (χ0n) is 10.3. The molecular formula is C13H24N2O. The first-order valence-electron chi connectivity index (χ1n) is 6.37. The van der Waals surface area contributed by atoms with Crippen molar-refractivity contribution in [1.82, 2.24) is 5.32 Å². The maximum atomic E-state index is 11.5. The predicted molar refractivity (Wildman–Crippen MR) is 67.0 cm³/mol. The van der Waals surface area contributed by atoms with Gasteiger partial charge in [0.1, 0.15) is 0 Å². The molecule has 0 fully saturated rings. The molecule has 0 aliphatic heterocycles. The largest absolute Gasteiger partial charge is 0.356 e. The van der Waals surface area contributed by atoms with Crippen molar-refractivity contribution >= 4 is 5.91 Å². The van der Waals surface area contributed by atoms with E-state index in [0.29, 0.717) is 13.0 Å². The van der Waals surface area contributed by atoms with Crippen molar-refractivity contribution in [2.24, 2.45) is 11.7 Å². The number of carbonyl (C=O) groups excluding carboxylic acids is 1. The minimum absolute atomic E-state index is 0.134. The molecule has 1 aliphatic carbocycles. The van der Waals surface area contributed by atoms with Gasteiger partial charge in [0.15, 0.2) is 0 Å². The van der Waals surface area contributed by atoms with E-state index in [1.54, 1.807) is 0 Å². The Labute approximate surface area is 98.5 Å². The maximum absolute atomic E-state index is 11.5. The fourth-order valence-electron chi connectivity index (χ4n) is 1.97. The van der Waals surface area contributed by atoms with Crippen LogP contribution in [0.5, 0.6) is 0 Å². The van der Waals surface area contributed by atoms with Crippen LogP contribution in [-0.2, 0) is 4.79 Å². The lowest BCUT2D eigenvalue weighted by molar-refractivity contribution is -0.121. The van der Waals surface area contributed by atoms with E-state index < -0.39 is 0 Å². The summed E-state index contributed by atoms with van der Waals surface area (Å²) in [6.45, 7) is 3.36. The van der Waals surface area contributed by atoms with Crippen LogP contribution in [-0.4, -0.2) is 19.0 Å². The highest BCUT2D eigenvalue weighted by Crippen LogP contribution is 2.19. The van der Waals surface area contributed by atoms with E-state index in [-0.39, 0.29) is 11.8 Å². The van der Waals surface area contributed by atoms with Crippen LogP contribution >= 0.6 is 0 Å². The van der Waals surface area contributed by atoms with Crippen molar-refractivity contribution in [2.75, 3.05) is 13.1 Å². The normalized spacial score (nSPS) is 17.8. The molecule has 0 aromatic heterocycles. The summed E-state index contributed by atoms with van der Waals surface area (Å²) in [5.41, 5.74) is 6.99. The fourth-order valence-corrected chi connectivity index (χ4v) is 1.97. The predicted octanol–water partition coefficient (Wildman–Crippen LogP) is 1.98. The number of nitrogens with one attached hydrogen (secondary N) is 1. The lowest BCUT2D eigenvalue weighted by Gasteiger charge is -2.13. The molecule has 0 saturated carbocycles. The Morgan fingerprint density at radius 2 is 2.38 bits per heavy atom. The average molecular weight is 224 g/mol. The number of carbonyl (C=O) groups is 1. The van der Waals surface area contributed by atoms with Gasteiger partial charge >= 0.3 is 0 Å². The number of hydrogen-bond acceptors (Lipinski definition) is 2. The Hall–Kier alpha value is -0.830. The van der Waals surface area contributed by atoms with E-state index >= 15 is 0 Å². The first-order chi connectivity index (χ1) is 7.72. The third-order valence-corrected chi connectivity index (χ3v) is 3.09. The molecule has 1 aliphatic rings. The molecular weight excluding hydrogens is 200 g/mol. The summed E-state index contributed by atoms with van der Waals surface area (Å²) >= 11 is 0.